The molecule has 3 heteroatoms. The molecular weight excluding hydrogens is 164 g/mol. The van der Waals surface area contributed by atoms with Crippen LogP contribution in [-0.2, 0) is 0 Å². The summed E-state index contributed by atoms with van der Waals surface area (Å²) in [7, 11) is 0. The van der Waals surface area contributed by atoms with Crippen LogP contribution in [0.5, 0.6) is 0 Å². The summed E-state index contributed by atoms with van der Waals surface area (Å²) in [5.41, 5.74) is 3.49. The van der Waals surface area contributed by atoms with E-state index in [1.807, 2.05) is 30.5 Å². The molecule has 13 heavy (non-hydrogen) atoms. The van der Waals surface area contributed by atoms with Crippen molar-refractivity contribution in [3.05, 3.63) is 35.3 Å². The Kier molecular flexibility index (Phi) is 1.65. The van der Waals surface area contributed by atoms with Crippen molar-refractivity contribution in [2.75, 3.05) is 0 Å². The van der Waals surface area contributed by atoms with Gasteiger partial charge >= 0.3 is 0 Å². The normalized spacial score (nSPS) is 10.6. The Bertz CT molecular complexity index is 471. The minimum Gasteiger partial charge on any atom is -0.304 e. The Balaban J connectivity index is 2.96. The molecule has 2 rings (SSSR count). The number of hydrogen-bond donors (Lipinski definition) is 0. The highest BCUT2D eigenvalue weighted by Gasteiger charge is 2.06. The average molecular weight is 174 g/mol. The molecule has 0 bridgehead atoms. The van der Waals surface area contributed by atoms with Crippen molar-refractivity contribution in [2.24, 2.45) is 0 Å². The van der Waals surface area contributed by atoms with E-state index in [4.69, 9.17) is 0 Å². The van der Waals surface area contributed by atoms with Gasteiger partial charge in [-0.3, -0.25) is 4.79 Å². The molecule has 0 aliphatic carbocycles. The van der Waals surface area contributed by atoms with Crippen LogP contribution in [0.4, 0.5) is 0 Å². The molecule has 0 aliphatic heterocycles. The van der Waals surface area contributed by atoms with E-state index in [-0.39, 0.29) is 0 Å². The molecule has 0 spiro atoms. The Labute approximate surface area is 76.0 Å². The van der Waals surface area contributed by atoms with Crippen LogP contribution in [0, 0.1) is 13.8 Å². The molecular formula is C10H10N2O. The minimum atomic E-state index is 0.676. The molecule has 0 radical (unpaired) electrons. The van der Waals surface area contributed by atoms with Gasteiger partial charge in [0.05, 0.1) is 5.56 Å². The Hall–Kier alpha value is -1.64. The molecule has 0 atom stereocenters. The molecule has 2 heterocycles. The van der Waals surface area contributed by atoms with E-state index in [2.05, 4.69) is 4.98 Å². The standard InChI is InChI=1S/C10H10N2O/c1-7-5-8(2)12-4-3-11-10(12)9(7)6-13/h3-6H,1-2H3. The van der Waals surface area contributed by atoms with E-state index in [0.29, 0.717) is 5.56 Å². The van der Waals surface area contributed by atoms with Crippen molar-refractivity contribution in [3.8, 4) is 0 Å². The summed E-state index contributed by atoms with van der Waals surface area (Å²) >= 11 is 0. The van der Waals surface area contributed by atoms with E-state index in [0.717, 1.165) is 23.2 Å². The second kappa shape index (κ2) is 2.69. The maximum Gasteiger partial charge on any atom is 0.154 e. The first kappa shape index (κ1) is 7.98. The van der Waals surface area contributed by atoms with E-state index >= 15 is 0 Å². The van der Waals surface area contributed by atoms with Gasteiger partial charge in [-0.2, -0.15) is 0 Å². The zero-order chi connectivity index (χ0) is 9.42. The molecule has 3 nitrogen and oxygen atoms in total. The molecule has 0 saturated heterocycles. The third kappa shape index (κ3) is 1.04. The van der Waals surface area contributed by atoms with Crippen molar-refractivity contribution in [1.29, 1.82) is 0 Å². The van der Waals surface area contributed by atoms with Gasteiger partial charge in [0.25, 0.3) is 0 Å². The third-order valence-electron chi connectivity index (χ3n) is 2.23. The number of pyridine rings is 1. The van der Waals surface area contributed by atoms with Crippen LogP contribution in [0.3, 0.4) is 0 Å². The van der Waals surface area contributed by atoms with Crippen LogP contribution in [0.1, 0.15) is 21.6 Å². The SMILES string of the molecule is Cc1cc(C)n2ccnc2c1C=O. The van der Waals surface area contributed by atoms with Crippen LogP contribution < -0.4 is 0 Å². The van der Waals surface area contributed by atoms with Crippen molar-refractivity contribution < 1.29 is 4.79 Å². The minimum absolute atomic E-state index is 0.676. The van der Waals surface area contributed by atoms with Gasteiger partial charge in [0.15, 0.2) is 6.29 Å². The van der Waals surface area contributed by atoms with Crippen LogP contribution in [0.25, 0.3) is 5.65 Å². The zero-order valence-electron chi connectivity index (χ0n) is 7.61. The summed E-state index contributed by atoms with van der Waals surface area (Å²) in [6.07, 6.45) is 4.42. The van der Waals surface area contributed by atoms with Crippen molar-refractivity contribution in [1.82, 2.24) is 9.38 Å². The number of carbonyl (C=O) groups excluding carboxylic acids is 1. The highest BCUT2D eigenvalue weighted by atomic mass is 16.1. The maximum atomic E-state index is 10.8. The summed E-state index contributed by atoms with van der Waals surface area (Å²) in [6, 6.07) is 1.98. The predicted octanol–water partition coefficient (Wildman–Crippen LogP) is 1.76. The maximum absolute atomic E-state index is 10.8. The van der Waals surface area contributed by atoms with Crippen molar-refractivity contribution >= 4 is 11.9 Å². The highest BCUT2D eigenvalue weighted by molar-refractivity contribution is 5.86. The summed E-state index contributed by atoms with van der Waals surface area (Å²) < 4.78 is 1.91. The number of fused-ring (bicyclic) bond motifs is 1. The van der Waals surface area contributed by atoms with Gasteiger partial charge in [0.1, 0.15) is 5.65 Å². The Morgan fingerprint density at radius 1 is 1.46 bits per heavy atom. The lowest BCUT2D eigenvalue weighted by molar-refractivity contribution is 0.112. The third-order valence-corrected chi connectivity index (χ3v) is 2.23. The second-order valence-electron chi connectivity index (χ2n) is 3.12. The quantitative estimate of drug-likeness (QED) is 0.617. The number of imidazole rings is 1. The molecule has 0 aromatic carbocycles. The number of aromatic nitrogens is 2. The van der Waals surface area contributed by atoms with E-state index in [9.17, 15) is 4.79 Å². The first-order chi connectivity index (χ1) is 6.24. The number of hydrogen-bond acceptors (Lipinski definition) is 2. The largest absolute Gasteiger partial charge is 0.304 e. The van der Waals surface area contributed by atoms with E-state index in [1.165, 1.54) is 0 Å². The van der Waals surface area contributed by atoms with Crippen molar-refractivity contribution in [3.63, 3.8) is 0 Å². The fourth-order valence-corrected chi connectivity index (χ4v) is 1.57. The van der Waals surface area contributed by atoms with Gasteiger partial charge in [0, 0.05) is 18.1 Å². The first-order valence-corrected chi connectivity index (χ1v) is 4.12. The number of aldehydes is 1. The zero-order valence-corrected chi connectivity index (χ0v) is 7.61. The molecule has 0 fully saturated rings. The summed E-state index contributed by atoms with van der Waals surface area (Å²) in [5, 5.41) is 0. The van der Waals surface area contributed by atoms with Crippen molar-refractivity contribution in [2.45, 2.75) is 13.8 Å². The molecule has 66 valence electrons. The summed E-state index contributed by atoms with van der Waals surface area (Å²) in [5.74, 6) is 0. The fourth-order valence-electron chi connectivity index (χ4n) is 1.57. The number of aryl methyl sites for hydroxylation is 2. The molecule has 2 aromatic heterocycles. The van der Waals surface area contributed by atoms with Crippen LogP contribution in [0.2, 0.25) is 0 Å². The van der Waals surface area contributed by atoms with Gasteiger partial charge in [-0.15, -0.1) is 0 Å². The lowest BCUT2D eigenvalue weighted by Crippen LogP contribution is -1.97. The van der Waals surface area contributed by atoms with Gasteiger partial charge in [-0.05, 0) is 25.5 Å². The Morgan fingerprint density at radius 2 is 2.23 bits per heavy atom. The average Bonchev–Trinajstić information content (AvgIpc) is 2.53. The van der Waals surface area contributed by atoms with Gasteiger partial charge in [0.2, 0.25) is 0 Å². The molecule has 0 amide bonds. The molecule has 0 N–H and O–H groups in total. The van der Waals surface area contributed by atoms with Crippen LogP contribution in [0.15, 0.2) is 18.5 Å². The topological polar surface area (TPSA) is 34.4 Å². The number of nitrogens with zero attached hydrogens (tertiary/aromatic N) is 2. The molecule has 2 aromatic rings. The van der Waals surface area contributed by atoms with E-state index < -0.39 is 0 Å². The number of rotatable bonds is 1. The predicted molar refractivity (Wildman–Crippen MR) is 50.1 cm³/mol. The molecule has 0 saturated carbocycles. The van der Waals surface area contributed by atoms with Gasteiger partial charge in [-0.1, -0.05) is 0 Å². The summed E-state index contributed by atoms with van der Waals surface area (Å²) in [6.45, 7) is 3.92. The first-order valence-electron chi connectivity index (χ1n) is 4.12. The number of carbonyl (C=O) groups is 1. The second-order valence-corrected chi connectivity index (χ2v) is 3.12. The monoisotopic (exact) mass is 174 g/mol. The smallest absolute Gasteiger partial charge is 0.154 e. The highest BCUT2D eigenvalue weighted by Crippen LogP contribution is 2.14. The lowest BCUT2D eigenvalue weighted by atomic mass is 10.1. The Morgan fingerprint density at radius 3 is 2.92 bits per heavy atom. The molecule has 0 unspecified atom stereocenters. The van der Waals surface area contributed by atoms with Gasteiger partial charge < -0.3 is 4.40 Å². The summed E-state index contributed by atoms with van der Waals surface area (Å²) in [4.78, 5) is 14.9. The molecule has 0 aliphatic rings. The van der Waals surface area contributed by atoms with Crippen LogP contribution in [-0.4, -0.2) is 15.7 Å². The fraction of sp³-hybridized carbons (Fsp3) is 0.200. The van der Waals surface area contributed by atoms with Gasteiger partial charge in [-0.25, -0.2) is 4.98 Å². The van der Waals surface area contributed by atoms with E-state index in [1.54, 1.807) is 6.20 Å². The lowest BCUT2D eigenvalue weighted by Gasteiger charge is -2.04. The van der Waals surface area contributed by atoms with Crippen LogP contribution >= 0.6 is 0 Å².